The molecule has 1 aliphatic carbocycles. The van der Waals surface area contributed by atoms with Crippen LogP contribution in [0, 0.1) is 5.92 Å². The van der Waals surface area contributed by atoms with Gasteiger partial charge in [0.2, 0.25) is 0 Å². The highest BCUT2D eigenvalue weighted by Crippen LogP contribution is 2.28. The molecule has 19 heavy (non-hydrogen) atoms. The molecule has 1 aromatic rings. The van der Waals surface area contributed by atoms with Crippen molar-refractivity contribution in [2.75, 3.05) is 7.05 Å². The third-order valence-electron chi connectivity index (χ3n) is 4.02. The molecule has 1 heterocycles. The first-order chi connectivity index (χ1) is 8.99. The fraction of sp³-hybridized carbons (Fsp3) is 0.600. The number of nitrogens with zero attached hydrogens (tertiary/aromatic N) is 1. The van der Waals surface area contributed by atoms with Crippen LogP contribution in [0.3, 0.4) is 0 Å². The Bertz CT molecular complexity index is 472. The Morgan fingerprint density at radius 1 is 1.16 bits per heavy atom. The first kappa shape index (κ1) is 14.3. The molecule has 1 amide bonds. The van der Waals surface area contributed by atoms with Gasteiger partial charge in [0.05, 0.1) is 9.75 Å². The molecule has 0 aromatic carbocycles. The van der Waals surface area contributed by atoms with Gasteiger partial charge in [-0.1, -0.05) is 6.92 Å². The minimum atomic E-state index is 0.0261. The number of hydrogen-bond acceptors (Lipinski definition) is 3. The molecule has 4 heteroatoms. The summed E-state index contributed by atoms with van der Waals surface area (Å²) in [6, 6.07) is 3.87. The zero-order valence-corrected chi connectivity index (χ0v) is 12.6. The van der Waals surface area contributed by atoms with Crippen LogP contribution in [0.5, 0.6) is 0 Å². The monoisotopic (exact) mass is 279 g/mol. The normalized spacial score (nSPS) is 23.1. The Morgan fingerprint density at radius 3 is 2.26 bits per heavy atom. The molecule has 1 saturated carbocycles. The van der Waals surface area contributed by atoms with Crippen LogP contribution in [0.4, 0.5) is 0 Å². The van der Waals surface area contributed by atoms with Crippen LogP contribution in [0.25, 0.3) is 0 Å². The van der Waals surface area contributed by atoms with Gasteiger partial charge in [-0.25, -0.2) is 0 Å². The summed E-state index contributed by atoms with van der Waals surface area (Å²) < 4.78 is 0. The van der Waals surface area contributed by atoms with E-state index in [0.717, 1.165) is 18.8 Å². The Labute approximate surface area is 118 Å². The SMILES string of the molecule is CC(=O)c1ccc(C(=O)N(C)C2CCC(C)CC2)s1. The fourth-order valence-electron chi connectivity index (χ4n) is 2.61. The van der Waals surface area contributed by atoms with Crippen molar-refractivity contribution in [3.8, 4) is 0 Å². The molecule has 0 atom stereocenters. The van der Waals surface area contributed by atoms with E-state index < -0.39 is 0 Å². The number of ketones is 1. The molecule has 0 unspecified atom stereocenters. The van der Waals surface area contributed by atoms with Crippen molar-refractivity contribution in [1.82, 2.24) is 4.90 Å². The van der Waals surface area contributed by atoms with Gasteiger partial charge < -0.3 is 4.90 Å². The zero-order valence-electron chi connectivity index (χ0n) is 11.8. The minimum Gasteiger partial charge on any atom is -0.338 e. The maximum Gasteiger partial charge on any atom is 0.263 e. The molecule has 0 bridgehead atoms. The van der Waals surface area contributed by atoms with Crippen LogP contribution in [0.1, 0.15) is 58.9 Å². The van der Waals surface area contributed by atoms with Crippen LogP contribution in [0.15, 0.2) is 12.1 Å². The summed E-state index contributed by atoms with van der Waals surface area (Å²) in [5.74, 6) is 0.862. The first-order valence-corrected chi connectivity index (χ1v) is 7.68. The number of Topliss-reactive ketones (excluding diaryl/α,β-unsaturated/α-hetero) is 1. The molecule has 0 radical (unpaired) electrons. The molecule has 2 rings (SSSR count). The van der Waals surface area contributed by atoms with E-state index >= 15 is 0 Å². The second-order valence-corrected chi connectivity index (χ2v) is 6.63. The highest BCUT2D eigenvalue weighted by atomic mass is 32.1. The fourth-order valence-corrected chi connectivity index (χ4v) is 3.50. The van der Waals surface area contributed by atoms with Crippen molar-refractivity contribution in [3.63, 3.8) is 0 Å². The topological polar surface area (TPSA) is 37.4 Å². The van der Waals surface area contributed by atoms with Crippen LogP contribution in [0.2, 0.25) is 0 Å². The van der Waals surface area contributed by atoms with E-state index in [2.05, 4.69) is 6.92 Å². The van der Waals surface area contributed by atoms with Gasteiger partial charge in [-0.2, -0.15) is 0 Å². The van der Waals surface area contributed by atoms with Gasteiger partial charge in [-0.3, -0.25) is 9.59 Å². The third-order valence-corrected chi connectivity index (χ3v) is 5.19. The van der Waals surface area contributed by atoms with Gasteiger partial charge in [0.15, 0.2) is 5.78 Å². The molecule has 104 valence electrons. The maximum atomic E-state index is 12.4. The van der Waals surface area contributed by atoms with Gasteiger partial charge in [0.1, 0.15) is 0 Å². The lowest BCUT2D eigenvalue weighted by Crippen LogP contribution is -2.38. The van der Waals surface area contributed by atoms with Crippen molar-refractivity contribution >= 4 is 23.0 Å². The van der Waals surface area contributed by atoms with Crippen LogP contribution >= 0.6 is 11.3 Å². The Hall–Kier alpha value is -1.16. The van der Waals surface area contributed by atoms with E-state index in [1.165, 1.54) is 31.1 Å². The molecule has 1 fully saturated rings. The average Bonchev–Trinajstić information content (AvgIpc) is 2.87. The number of thiophene rings is 1. The van der Waals surface area contributed by atoms with Crippen molar-refractivity contribution < 1.29 is 9.59 Å². The highest BCUT2D eigenvalue weighted by Gasteiger charge is 2.26. The lowest BCUT2D eigenvalue weighted by Gasteiger charge is -2.33. The summed E-state index contributed by atoms with van der Waals surface area (Å²) in [5, 5.41) is 0. The molecule has 0 N–H and O–H groups in total. The second kappa shape index (κ2) is 5.87. The molecule has 1 aliphatic rings. The van der Waals surface area contributed by atoms with Gasteiger partial charge >= 0.3 is 0 Å². The minimum absolute atomic E-state index is 0.0261. The Morgan fingerprint density at radius 2 is 1.74 bits per heavy atom. The predicted octanol–water partition coefficient (Wildman–Crippen LogP) is 3.60. The summed E-state index contributed by atoms with van der Waals surface area (Å²) in [6.45, 7) is 3.81. The van der Waals surface area contributed by atoms with E-state index in [4.69, 9.17) is 0 Å². The summed E-state index contributed by atoms with van der Waals surface area (Å²) in [5.41, 5.74) is 0. The maximum absolute atomic E-state index is 12.4. The highest BCUT2D eigenvalue weighted by molar-refractivity contribution is 7.15. The third kappa shape index (κ3) is 3.24. The Kier molecular flexibility index (Phi) is 4.40. The van der Waals surface area contributed by atoms with E-state index in [1.54, 1.807) is 12.1 Å². The van der Waals surface area contributed by atoms with Crippen LogP contribution in [-0.2, 0) is 0 Å². The smallest absolute Gasteiger partial charge is 0.263 e. The molecule has 1 aromatic heterocycles. The number of amides is 1. The van der Waals surface area contributed by atoms with E-state index in [1.807, 2.05) is 11.9 Å². The van der Waals surface area contributed by atoms with Crippen molar-refractivity contribution in [3.05, 3.63) is 21.9 Å². The van der Waals surface area contributed by atoms with Crippen molar-refractivity contribution in [2.24, 2.45) is 5.92 Å². The van der Waals surface area contributed by atoms with E-state index in [9.17, 15) is 9.59 Å². The molecule has 0 aliphatic heterocycles. The summed E-state index contributed by atoms with van der Waals surface area (Å²) in [7, 11) is 1.89. The first-order valence-electron chi connectivity index (χ1n) is 6.87. The number of carbonyl (C=O) groups excluding carboxylic acids is 2. The standard InChI is InChI=1S/C15H21NO2S/c1-10-4-6-12(7-5-10)16(3)15(18)14-9-8-13(19-14)11(2)17/h8-10,12H,4-7H2,1-3H3. The number of hydrogen-bond donors (Lipinski definition) is 0. The lowest BCUT2D eigenvalue weighted by molar-refractivity contribution is 0.0684. The van der Waals surface area contributed by atoms with Crippen molar-refractivity contribution in [2.45, 2.75) is 45.6 Å². The summed E-state index contributed by atoms with van der Waals surface area (Å²) >= 11 is 1.30. The molecule has 0 saturated heterocycles. The quantitative estimate of drug-likeness (QED) is 0.793. The zero-order chi connectivity index (χ0) is 14.0. The van der Waals surface area contributed by atoms with Gasteiger partial charge in [0.25, 0.3) is 5.91 Å². The van der Waals surface area contributed by atoms with Crippen LogP contribution in [-0.4, -0.2) is 29.7 Å². The lowest BCUT2D eigenvalue weighted by atomic mass is 9.87. The summed E-state index contributed by atoms with van der Waals surface area (Å²) in [4.78, 5) is 26.9. The Balaban J connectivity index is 2.03. The largest absolute Gasteiger partial charge is 0.338 e. The second-order valence-electron chi connectivity index (χ2n) is 5.55. The van der Waals surface area contributed by atoms with Gasteiger partial charge in [0, 0.05) is 13.1 Å². The number of rotatable bonds is 3. The molecule has 3 nitrogen and oxygen atoms in total. The average molecular weight is 279 g/mol. The number of carbonyl (C=O) groups is 2. The molecular formula is C15H21NO2S. The van der Waals surface area contributed by atoms with Gasteiger partial charge in [-0.05, 0) is 50.7 Å². The summed E-state index contributed by atoms with van der Waals surface area (Å²) in [6.07, 6.45) is 4.58. The van der Waals surface area contributed by atoms with E-state index in [0.29, 0.717) is 15.8 Å². The van der Waals surface area contributed by atoms with Crippen LogP contribution < -0.4 is 0 Å². The molecular weight excluding hydrogens is 258 g/mol. The predicted molar refractivity (Wildman–Crippen MR) is 77.8 cm³/mol. The van der Waals surface area contributed by atoms with Crippen molar-refractivity contribution in [1.29, 1.82) is 0 Å². The van der Waals surface area contributed by atoms with Gasteiger partial charge in [-0.15, -0.1) is 11.3 Å². The molecule has 0 spiro atoms. The van der Waals surface area contributed by atoms with E-state index in [-0.39, 0.29) is 11.7 Å².